The van der Waals surface area contributed by atoms with Gasteiger partial charge in [-0.3, -0.25) is 43.2 Å². The number of aliphatic hydroxyl groups is 2. The van der Waals surface area contributed by atoms with Crippen LogP contribution in [-0.2, 0) is 60.8 Å². The maximum atomic E-state index is 14.3. The Morgan fingerprint density at radius 3 is 1.74 bits per heavy atom. The number of hydrogen-bond donors (Lipinski definition) is 13. The van der Waals surface area contributed by atoms with E-state index in [-0.39, 0.29) is 64.0 Å². The van der Waals surface area contributed by atoms with Crippen molar-refractivity contribution in [2.24, 2.45) is 17.4 Å². The van der Waals surface area contributed by atoms with Crippen LogP contribution in [0.5, 0.6) is 0 Å². The van der Waals surface area contributed by atoms with Crippen LogP contribution in [0.4, 0.5) is 0 Å². The molecule has 0 aliphatic carbocycles. The highest BCUT2D eigenvalue weighted by Gasteiger charge is 2.42. The molecule has 0 bridgehead atoms. The molecular weight excluding hydrogens is 921 g/mol. The second kappa shape index (κ2) is 26.1. The van der Waals surface area contributed by atoms with E-state index in [0.717, 1.165) is 4.90 Å². The average molecular weight is 987 g/mol. The molecule has 10 atom stereocenters. The van der Waals surface area contributed by atoms with Gasteiger partial charge in [0.25, 0.3) is 0 Å². The predicted molar refractivity (Wildman–Crippen MR) is 244 cm³/mol. The number of aromatic amines is 2. The Morgan fingerprint density at radius 2 is 1.23 bits per heavy atom. The minimum atomic E-state index is -1.65. The largest absolute Gasteiger partial charge is 0.480 e. The molecule has 27 nitrogen and oxygen atoms in total. The number of nitrogens with zero attached hydrogens (tertiary/aromatic N) is 4. The van der Waals surface area contributed by atoms with Crippen LogP contribution in [0.3, 0.4) is 0 Å². The molecule has 0 aromatic carbocycles. The van der Waals surface area contributed by atoms with Crippen LogP contribution >= 0.6 is 0 Å². The summed E-state index contributed by atoms with van der Waals surface area (Å²) in [7, 11) is 0. The van der Waals surface area contributed by atoms with Crippen molar-refractivity contribution < 1.29 is 63.3 Å². The fraction of sp³-hybridized carbons (Fsp3) is 0.628. The molecule has 4 rings (SSSR count). The lowest BCUT2D eigenvalue weighted by molar-refractivity contribution is -0.146. The monoisotopic (exact) mass is 986 g/mol. The number of rotatable bonds is 26. The highest BCUT2D eigenvalue weighted by atomic mass is 16.4. The number of nitrogens with two attached hydrogens (primary N) is 2. The summed E-state index contributed by atoms with van der Waals surface area (Å²) in [6.07, 6.45) is 3.37. The summed E-state index contributed by atoms with van der Waals surface area (Å²) >= 11 is 0. The van der Waals surface area contributed by atoms with Gasteiger partial charge in [0.05, 0.1) is 37.4 Å². The normalized spacial score (nSPS) is 19.1. The third-order valence-electron chi connectivity index (χ3n) is 11.8. The summed E-state index contributed by atoms with van der Waals surface area (Å²) in [6.45, 7) is 5.42. The minimum Gasteiger partial charge on any atom is -0.480 e. The number of aliphatic hydroxyl groups excluding tert-OH is 2. The number of amides is 9. The summed E-state index contributed by atoms with van der Waals surface area (Å²) in [5.41, 5.74) is 12.1. The van der Waals surface area contributed by atoms with Crippen molar-refractivity contribution in [1.29, 1.82) is 0 Å². The van der Waals surface area contributed by atoms with Crippen molar-refractivity contribution in [2.75, 3.05) is 19.6 Å². The fourth-order valence-electron chi connectivity index (χ4n) is 8.12. The number of carbonyl (C=O) groups excluding carboxylic acids is 9. The lowest BCUT2D eigenvalue weighted by atomic mass is 10.0. The second-order valence-corrected chi connectivity index (χ2v) is 17.9. The molecule has 70 heavy (non-hydrogen) atoms. The Balaban J connectivity index is 1.41. The van der Waals surface area contributed by atoms with Crippen LogP contribution < -0.4 is 43.4 Å². The molecule has 2 aliphatic rings. The molecule has 0 spiro atoms. The Hall–Kier alpha value is -7.00. The van der Waals surface area contributed by atoms with Gasteiger partial charge in [-0.1, -0.05) is 13.8 Å². The third kappa shape index (κ3) is 16.0. The van der Waals surface area contributed by atoms with Gasteiger partial charge in [0.2, 0.25) is 53.2 Å². The SMILES string of the molecule is CC(C)C[C@H](NC(=O)[C@@H]1CCCN1C(=O)[C@@H](NC(=O)CNC(=O)[C@@H]1CCCN1C(=O)[C@H](Cc1cnc[nH]1)NC(=O)[C@H](Cc1cnc[nH]1)NC(=O)[C@@H](N)CCC(N)=O)[C@@H](C)O)C(=O)N[C@H](C(=O)O)[C@@H](C)O. The van der Waals surface area contributed by atoms with Gasteiger partial charge in [-0.05, 0) is 58.3 Å². The molecule has 27 heteroatoms. The number of carboxylic acid groups (broad SMARTS) is 1. The molecule has 4 heterocycles. The van der Waals surface area contributed by atoms with E-state index in [1.54, 1.807) is 13.8 Å². The zero-order valence-corrected chi connectivity index (χ0v) is 39.5. The molecule has 2 aromatic heterocycles. The summed E-state index contributed by atoms with van der Waals surface area (Å²) < 4.78 is 0. The number of aliphatic carboxylic acids is 1. The van der Waals surface area contributed by atoms with Gasteiger partial charge in [-0.2, -0.15) is 0 Å². The average Bonchev–Trinajstić information content (AvgIpc) is 4.16. The third-order valence-corrected chi connectivity index (χ3v) is 11.8. The Morgan fingerprint density at radius 1 is 0.700 bits per heavy atom. The predicted octanol–water partition coefficient (Wildman–Crippen LogP) is -5.07. The smallest absolute Gasteiger partial charge is 0.328 e. The first-order chi connectivity index (χ1) is 33.1. The highest BCUT2D eigenvalue weighted by Crippen LogP contribution is 2.22. The topological polar surface area (TPSA) is 419 Å². The second-order valence-electron chi connectivity index (χ2n) is 17.9. The van der Waals surface area contributed by atoms with E-state index < -0.39 is 126 Å². The fourth-order valence-corrected chi connectivity index (χ4v) is 8.12. The van der Waals surface area contributed by atoms with Crippen molar-refractivity contribution in [3.63, 3.8) is 0 Å². The van der Waals surface area contributed by atoms with E-state index in [2.05, 4.69) is 51.8 Å². The number of aromatic nitrogens is 4. The molecular formula is C43H66N14O13. The Labute approximate surface area is 402 Å². The van der Waals surface area contributed by atoms with E-state index in [0.29, 0.717) is 24.2 Å². The number of imidazole rings is 2. The van der Waals surface area contributed by atoms with Gasteiger partial charge in [0.15, 0.2) is 6.04 Å². The number of carboxylic acids is 1. The van der Waals surface area contributed by atoms with E-state index >= 15 is 0 Å². The van der Waals surface area contributed by atoms with Gasteiger partial charge in [0, 0.05) is 56.1 Å². The van der Waals surface area contributed by atoms with Crippen LogP contribution in [0.2, 0.25) is 0 Å². The molecule has 2 aliphatic heterocycles. The molecule has 2 aromatic rings. The van der Waals surface area contributed by atoms with Gasteiger partial charge in [0.1, 0.15) is 36.3 Å². The maximum Gasteiger partial charge on any atom is 0.328 e. The van der Waals surface area contributed by atoms with Gasteiger partial charge >= 0.3 is 5.97 Å². The molecule has 2 fully saturated rings. The van der Waals surface area contributed by atoms with E-state index in [9.17, 15) is 63.3 Å². The van der Waals surface area contributed by atoms with Crippen LogP contribution in [0.1, 0.15) is 84.0 Å². The number of H-pyrrole nitrogens is 2. The van der Waals surface area contributed by atoms with Crippen LogP contribution in [-0.4, -0.2) is 184 Å². The van der Waals surface area contributed by atoms with E-state index in [4.69, 9.17) is 11.5 Å². The molecule has 2 saturated heterocycles. The van der Waals surface area contributed by atoms with Crippen LogP contribution in [0.25, 0.3) is 0 Å². The summed E-state index contributed by atoms with van der Waals surface area (Å²) in [5.74, 6) is -8.57. The van der Waals surface area contributed by atoms with Crippen molar-refractivity contribution in [2.45, 2.75) is 146 Å². The number of likely N-dealkylation sites (tertiary alicyclic amines) is 2. The molecule has 9 amide bonds. The lowest BCUT2D eigenvalue weighted by Crippen LogP contribution is -2.60. The lowest BCUT2D eigenvalue weighted by Gasteiger charge is -2.31. The molecule has 0 saturated carbocycles. The number of hydrogen-bond acceptors (Lipinski definition) is 15. The standard InChI is InChI=1S/C43H66N14O13/c1-21(2)13-27(38(64)55-35(23(4)59)43(69)70)52-40(66)31-8-6-12-57(31)42(68)34(22(3)58)54-33(61)18-48-39(65)30-7-5-11-56(30)41(67)29(15-25-17-47-20-50-25)53-37(63)28(14-24-16-46-19-49-24)51-36(62)26(44)9-10-32(45)60/h16-17,19-23,26-31,34-35,58-59H,5-15,18,44H2,1-4H3,(H2,45,60)(H,46,49)(H,47,50)(H,48,65)(H,51,62)(H,52,66)(H,53,63)(H,54,61)(H,55,64)(H,69,70)/t22-,23-,26+,27+,28+,29+,30+,31+,34+,35+/m1/s1. The summed E-state index contributed by atoms with van der Waals surface area (Å²) in [5, 5.41) is 45.0. The van der Waals surface area contributed by atoms with Gasteiger partial charge in [-0.15, -0.1) is 0 Å². The van der Waals surface area contributed by atoms with Crippen LogP contribution in [0.15, 0.2) is 25.0 Å². The van der Waals surface area contributed by atoms with Gasteiger partial charge in [-0.25, -0.2) is 14.8 Å². The first-order valence-corrected chi connectivity index (χ1v) is 23.0. The van der Waals surface area contributed by atoms with Gasteiger partial charge < -0.3 is 78.5 Å². The maximum absolute atomic E-state index is 14.3. The first-order valence-electron chi connectivity index (χ1n) is 23.0. The molecule has 386 valence electrons. The van der Waals surface area contributed by atoms with Crippen molar-refractivity contribution in [1.82, 2.24) is 61.6 Å². The van der Waals surface area contributed by atoms with Crippen molar-refractivity contribution in [3.05, 3.63) is 36.4 Å². The minimum absolute atomic E-state index is 0.0520. The first kappa shape index (κ1) is 55.6. The van der Waals surface area contributed by atoms with Crippen molar-refractivity contribution >= 4 is 59.1 Å². The Bertz CT molecular complexity index is 2150. The zero-order chi connectivity index (χ0) is 51.8. The highest BCUT2D eigenvalue weighted by molar-refractivity contribution is 5.98. The summed E-state index contributed by atoms with van der Waals surface area (Å²) in [6, 6.07) is -10.5. The molecule has 0 radical (unpaired) electrons. The van der Waals surface area contributed by atoms with E-state index in [1.807, 2.05) is 0 Å². The number of carbonyl (C=O) groups is 10. The van der Waals surface area contributed by atoms with Crippen molar-refractivity contribution in [3.8, 4) is 0 Å². The quantitative estimate of drug-likeness (QED) is 0.0419. The van der Waals surface area contributed by atoms with Crippen LogP contribution in [0, 0.1) is 5.92 Å². The molecule has 15 N–H and O–H groups in total. The molecule has 0 unspecified atom stereocenters. The zero-order valence-electron chi connectivity index (χ0n) is 39.5. The Kier molecular flexibility index (Phi) is 20.7. The number of primary amides is 1. The number of nitrogens with one attached hydrogen (secondary N) is 8. The summed E-state index contributed by atoms with van der Waals surface area (Å²) in [4.78, 5) is 148. The van der Waals surface area contributed by atoms with E-state index in [1.165, 1.54) is 43.8 Å².